The standard InChI is InChI=1S/C20H22N4O3S/c1-21-28(26,27)19-10-7-16(8-11-19)9-12-20(25)23-18-13-22-24(15-18)14-17-5-3-2-4-6-17/h2-8,10-11,13,15,21H,9,12,14H2,1H3,(H,23,25). The molecule has 3 aromatic rings. The first-order valence-electron chi connectivity index (χ1n) is 8.85. The average Bonchev–Trinajstić information content (AvgIpc) is 3.14. The first-order chi connectivity index (χ1) is 13.5. The Kier molecular flexibility index (Phi) is 6.23. The summed E-state index contributed by atoms with van der Waals surface area (Å²) in [6.07, 6.45) is 4.23. The largest absolute Gasteiger partial charge is 0.323 e. The van der Waals surface area contributed by atoms with Crippen molar-refractivity contribution >= 4 is 21.6 Å². The second-order valence-corrected chi connectivity index (χ2v) is 8.20. The Morgan fingerprint density at radius 2 is 1.75 bits per heavy atom. The third kappa shape index (κ3) is 5.28. The molecule has 1 heterocycles. The zero-order valence-electron chi connectivity index (χ0n) is 15.5. The van der Waals surface area contributed by atoms with Gasteiger partial charge in [0.15, 0.2) is 0 Å². The molecule has 0 saturated carbocycles. The highest BCUT2D eigenvalue weighted by Crippen LogP contribution is 2.13. The molecule has 0 radical (unpaired) electrons. The van der Waals surface area contributed by atoms with Crippen LogP contribution < -0.4 is 10.0 Å². The predicted octanol–water partition coefficient (Wildman–Crippen LogP) is 2.41. The molecule has 0 saturated heterocycles. The molecule has 0 fully saturated rings. The van der Waals surface area contributed by atoms with Gasteiger partial charge in [0, 0.05) is 12.6 Å². The number of aromatic nitrogens is 2. The molecule has 3 rings (SSSR count). The molecule has 8 heteroatoms. The highest BCUT2D eigenvalue weighted by molar-refractivity contribution is 7.89. The van der Waals surface area contributed by atoms with Gasteiger partial charge in [-0.1, -0.05) is 42.5 Å². The van der Waals surface area contributed by atoms with Crippen molar-refractivity contribution in [3.05, 3.63) is 78.1 Å². The summed E-state index contributed by atoms with van der Waals surface area (Å²) in [5.41, 5.74) is 2.67. The van der Waals surface area contributed by atoms with Crippen LogP contribution in [-0.2, 0) is 27.8 Å². The molecule has 0 aliphatic heterocycles. The summed E-state index contributed by atoms with van der Waals surface area (Å²) in [7, 11) is -2.08. The Morgan fingerprint density at radius 1 is 1.04 bits per heavy atom. The topological polar surface area (TPSA) is 93.1 Å². The molecule has 7 nitrogen and oxygen atoms in total. The fraction of sp³-hybridized carbons (Fsp3) is 0.200. The molecular formula is C20H22N4O3S. The maximum absolute atomic E-state index is 12.2. The lowest BCUT2D eigenvalue weighted by atomic mass is 10.1. The second-order valence-electron chi connectivity index (χ2n) is 6.31. The quantitative estimate of drug-likeness (QED) is 0.609. The fourth-order valence-electron chi connectivity index (χ4n) is 2.72. The van der Waals surface area contributed by atoms with Crippen molar-refractivity contribution in [2.45, 2.75) is 24.3 Å². The van der Waals surface area contributed by atoms with Gasteiger partial charge in [0.2, 0.25) is 15.9 Å². The minimum Gasteiger partial charge on any atom is -0.323 e. The van der Waals surface area contributed by atoms with Crippen LogP contribution in [0.25, 0.3) is 0 Å². The molecule has 1 aromatic heterocycles. The van der Waals surface area contributed by atoms with Crippen molar-refractivity contribution < 1.29 is 13.2 Å². The number of nitrogens with zero attached hydrogens (tertiary/aromatic N) is 2. The van der Waals surface area contributed by atoms with Crippen molar-refractivity contribution in [2.75, 3.05) is 12.4 Å². The van der Waals surface area contributed by atoms with Crippen LogP contribution in [0.5, 0.6) is 0 Å². The molecule has 2 aromatic carbocycles. The van der Waals surface area contributed by atoms with Gasteiger partial charge < -0.3 is 5.32 Å². The summed E-state index contributed by atoms with van der Waals surface area (Å²) in [4.78, 5) is 12.4. The van der Waals surface area contributed by atoms with Crippen LogP contribution in [0.3, 0.4) is 0 Å². The highest BCUT2D eigenvalue weighted by atomic mass is 32.2. The number of carbonyl (C=O) groups excluding carboxylic acids is 1. The number of aryl methyl sites for hydroxylation is 1. The number of hydrogen-bond acceptors (Lipinski definition) is 4. The summed E-state index contributed by atoms with van der Waals surface area (Å²) in [6, 6.07) is 16.5. The van der Waals surface area contributed by atoms with Crippen molar-refractivity contribution in [3.8, 4) is 0 Å². The lowest BCUT2D eigenvalue weighted by Gasteiger charge is -2.05. The molecular weight excluding hydrogens is 376 g/mol. The molecule has 0 aliphatic carbocycles. The number of sulfonamides is 1. The highest BCUT2D eigenvalue weighted by Gasteiger charge is 2.11. The second kappa shape index (κ2) is 8.81. The van der Waals surface area contributed by atoms with Gasteiger partial charge in [-0.2, -0.15) is 5.10 Å². The summed E-state index contributed by atoms with van der Waals surface area (Å²) >= 11 is 0. The molecule has 28 heavy (non-hydrogen) atoms. The molecule has 1 amide bonds. The van der Waals surface area contributed by atoms with E-state index in [4.69, 9.17) is 0 Å². The van der Waals surface area contributed by atoms with Crippen LogP contribution in [0.1, 0.15) is 17.5 Å². The van der Waals surface area contributed by atoms with Crippen molar-refractivity contribution in [1.29, 1.82) is 0 Å². The Hall–Kier alpha value is -2.97. The number of hydrogen-bond donors (Lipinski definition) is 2. The van der Waals surface area contributed by atoms with E-state index in [2.05, 4.69) is 15.1 Å². The summed E-state index contributed by atoms with van der Waals surface area (Å²) in [6.45, 7) is 0.637. The number of nitrogens with one attached hydrogen (secondary N) is 2. The van der Waals surface area contributed by atoms with Gasteiger partial charge in [-0.05, 0) is 36.7 Å². The minimum atomic E-state index is -3.45. The number of benzene rings is 2. The van der Waals surface area contributed by atoms with Gasteiger partial charge in [0.1, 0.15) is 0 Å². The Labute approximate surface area is 164 Å². The van der Waals surface area contributed by atoms with E-state index in [0.717, 1.165) is 11.1 Å². The van der Waals surface area contributed by atoms with Crippen molar-refractivity contribution in [2.24, 2.45) is 0 Å². The molecule has 0 bridgehead atoms. The molecule has 146 valence electrons. The van der Waals surface area contributed by atoms with E-state index < -0.39 is 10.0 Å². The van der Waals surface area contributed by atoms with Crippen LogP contribution in [0, 0.1) is 0 Å². The van der Waals surface area contributed by atoms with Crippen LogP contribution >= 0.6 is 0 Å². The Balaban J connectivity index is 1.51. The molecule has 2 N–H and O–H groups in total. The van der Waals surface area contributed by atoms with Crippen LogP contribution in [0.4, 0.5) is 5.69 Å². The first kappa shape index (κ1) is 19.8. The van der Waals surface area contributed by atoms with E-state index in [1.807, 2.05) is 30.3 Å². The molecule has 0 spiro atoms. The lowest BCUT2D eigenvalue weighted by Crippen LogP contribution is -2.18. The molecule has 0 unspecified atom stereocenters. The van der Waals surface area contributed by atoms with E-state index in [1.165, 1.54) is 19.2 Å². The number of rotatable bonds is 8. The zero-order chi connectivity index (χ0) is 20.0. The lowest BCUT2D eigenvalue weighted by molar-refractivity contribution is -0.116. The number of anilines is 1. The maximum Gasteiger partial charge on any atom is 0.240 e. The third-order valence-electron chi connectivity index (χ3n) is 4.25. The number of amides is 1. The average molecular weight is 398 g/mol. The van der Waals surface area contributed by atoms with Crippen LogP contribution in [0.2, 0.25) is 0 Å². The van der Waals surface area contributed by atoms with Crippen LogP contribution in [0.15, 0.2) is 71.9 Å². The monoisotopic (exact) mass is 398 g/mol. The van der Waals surface area contributed by atoms with Gasteiger partial charge in [0.05, 0.1) is 23.3 Å². The van der Waals surface area contributed by atoms with E-state index in [1.54, 1.807) is 29.2 Å². The summed E-state index contributed by atoms with van der Waals surface area (Å²) < 4.78 is 27.5. The minimum absolute atomic E-state index is 0.119. The molecule has 0 atom stereocenters. The van der Waals surface area contributed by atoms with E-state index in [9.17, 15) is 13.2 Å². The summed E-state index contributed by atoms with van der Waals surface area (Å²) in [5.74, 6) is -0.119. The smallest absolute Gasteiger partial charge is 0.240 e. The SMILES string of the molecule is CNS(=O)(=O)c1ccc(CCC(=O)Nc2cnn(Cc3ccccc3)c2)cc1. The third-order valence-corrected chi connectivity index (χ3v) is 5.68. The van der Waals surface area contributed by atoms with Gasteiger partial charge in [-0.15, -0.1) is 0 Å². The fourth-order valence-corrected chi connectivity index (χ4v) is 3.45. The van der Waals surface area contributed by atoms with Gasteiger partial charge in [-0.25, -0.2) is 13.1 Å². The van der Waals surface area contributed by atoms with Crippen molar-refractivity contribution in [3.63, 3.8) is 0 Å². The zero-order valence-corrected chi connectivity index (χ0v) is 16.3. The first-order valence-corrected chi connectivity index (χ1v) is 10.3. The van der Waals surface area contributed by atoms with Gasteiger partial charge in [-0.3, -0.25) is 9.48 Å². The molecule has 0 aliphatic rings. The van der Waals surface area contributed by atoms with E-state index >= 15 is 0 Å². The Bertz CT molecular complexity index is 1030. The van der Waals surface area contributed by atoms with Crippen molar-refractivity contribution in [1.82, 2.24) is 14.5 Å². The van der Waals surface area contributed by atoms with E-state index in [0.29, 0.717) is 25.1 Å². The Morgan fingerprint density at radius 3 is 2.43 bits per heavy atom. The van der Waals surface area contributed by atoms with Gasteiger partial charge in [0.25, 0.3) is 0 Å². The number of carbonyl (C=O) groups is 1. The maximum atomic E-state index is 12.2. The van der Waals surface area contributed by atoms with E-state index in [-0.39, 0.29) is 10.8 Å². The normalized spacial score (nSPS) is 11.3. The van der Waals surface area contributed by atoms with Gasteiger partial charge >= 0.3 is 0 Å². The van der Waals surface area contributed by atoms with Crippen LogP contribution in [-0.4, -0.2) is 31.2 Å². The summed E-state index contributed by atoms with van der Waals surface area (Å²) in [5, 5.41) is 7.10. The predicted molar refractivity (Wildman–Crippen MR) is 107 cm³/mol.